The van der Waals surface area contributed by atoms with E-state index in [0.717, 1.165) is 44.3 Å². The molecule has 3 heterocycles. The SMILES string of the molecule is CCCC(NC(=O)Cn1cnc2c1CCCC2)C(=O)N1CCc2sccc2C1. The van der Waals surface area contributed by atoms with E-state index in [1.54, 1.807) is 17.7 Å². The number of carbonyl (C=O) groups excluding carboxylic acids is 2. The summed E-state index contributed by atoms with van der Waals surface area (Å²) in [7, 11) is 0. The molecule has 0 saturated carbocycles. The first-order valence-electron chi connectivity index (χ1n) is 10.3. The minimum atomic E-state index is -0.447. The molecule has 1 aliphatic heterocycles. The first-order chi connectivity index (χ1) is 13.7. The molecule has 1 N–H and O–H groups in total. The number of aromatic nitrogens is 2. The summed E-state index contributed by atoms with van der Waals surface area (Å²) in [5.41, 5.74) is 3.55. The van der Waals surface area contributed by atoms with E-state index in [2.05, 4.69) is 21.7 Å². The summed E-state index contributed by atoms with van der Waals surface area (Å²) in [4.78, 5) is 33.5. The largest absolute Gasteiger partial charge is 0.343 e. The first kappa shape index (κ1) is 19.2. The smallest absolute Gasteiger partial charge is 0.245 e. The van der Waals surface area contributed by atoms with E-state index in [1.165, 1.54) is 22.6 Å². The third-order valence-corrected chi connectivity index (χ3v) is 6.78. The molecule has 0 saturated heterocycles. The summed E-state index contributed by atoms with van der Waals surface area (Å²) in [5.74, 6) is -0.0643. The number of carbonyl (C=O) groups is 2. The molecule has 1 unspecified atom stereocenters. The van der Waals surface area contributed by atoms with Crippen LogP contribution in [-0.4, -0.2) is 38.9 Å². The molecule has 1 aliphatic carbocycles. The van der Waals surface area contributed by atoms with E-state index in [9.17, 15) is 9.59 Å². The van der Waals surface area contributed by atoms with Crippen molar-refractivity contribution in [2.24, 2.45) is 0 Å². The summed E-state index contributed by atoms with van der Waals surface area (Å²) in [5, 5.41) is 5.09. The van der Waals surface area contributed by atoms with Gasteiger partial charge in [-0.15, -0.1) is 11.3 Å². The van der Waals surface area contributed by atoms with E-state index in [0.29, 0.717) is 13.0 Å². The molecule has 2 aromatic rings. The lowest BCUT2D eigenvalue weighted by Crippen LogP contribution is -2.50. The van der Waals surface area contributed by atoms with Crippen molar-refractivity contribution in [2.45, 2.75) is 71.0 Å². The molecule has 0 bridgehead atoms. The molecule has 2 amide bonds. The van der Waals surface area contributed by atoms with Crippen LogP contribution >= 0.6 is 11.3 Å². The number of thiophene rings is 1. The van der Waals surface area contributed by atoms with Gasteiger partial charge in [0, 0.05) is 23.7 Å². The van der Waals surface area contributed by atoms with Gasteiger partial charge in [0.25, 0.3) is 0 Å². The fourth-order valence-corrected chi connectivity index (χ4v) is 5.15. The van der Waals surface area contributed by atoms with Crippen molar-refractivity contribution in [3.05, 3.63) is 39.6 Å². The molecule has 0 spiro atoms. The third-order valence-electron chi connectivity index (χ3n) is 5.75. The minimum absolute atomic E-state index is 0.0414. The Hall–Kier alpha value is -2.15. The molecular formula is C21H28N4O2S. The van der Waals surface area contributed by atoms with Gasteiger partial charge >= 0.3 is 0 Å². The molecule has 4 rings (SSSR count). The molecule has 7 heteroatoms. The summed E-state index contributed by atoms with van der Waals surface area (Å²) < 4.78 is 1.95. The Kier molecular flexibility index (Phi) is 5.80. The van der Waals surface area contributed by atoms with Crippen LogP contribution in [0.15, 0.2) is 17.8 Å². The topological polar surface area (TPSA) is 67.2 Å². The number of hydrogen-bond acceptors (Lipinski definition) is 4. The van der Waals surface area contributed by atoms with Crippen molar-refractivity contribution in [3.8, 4) is 0 Å². The normalized spacial score (nSPS) is 17.0. The molecule has 0 fully saturated rings. The number of nitrogens with zero attached hydrogens (tertiary/aromatic N) is 3. The van der Waals surface area contributed by atoms with E-state index in [1.807, 2.05) is 16.4 Å². The van der Waals surface area contributed by atoms with Gasteiger partial charge in [0.15, 0.2) is 0 Å². The van der Waals surface area contributed by atoms with Gasteiger partial charge in [0.1, 0.15) is 12.6 Å². The lowest BCUT2D eigenvalue weighted by atomic mass is 10.0. The van der Waals surface area contributed by atoms with Crippen LogP contribution in [0.3, 0.4) is 0 Å². The molecule has 2 aliphatic rings. The second-order valence-electron chi connectivity index (χ2n) is 7.76. The predicted molar refractivity (Wildman–Crippen MR) is 109 cm³/mol. The van der Waals surface area contributed by atoms with Crippen LogP contribution in [0.1, 0.15) is 54.4 Å². The standard InChI is InChI=1S/C21H28N4O2S/c1-2-5-17(21(27)24-10-8-19-15(12-24)9-11-28-19)23-20(26)13-25-14-22-16-6-3-4-7-18(16)25/h9,11,14,17H,2-8,10,12-13H2,1H3,(H,23,26). The van der Waals surface area contributed by atoms with Gasteiger partial charge < -0.3 is 14.8 Å². The van der Waals surface area contributed by atoms with E-state index >= 15 is 0 Å². The Balaban J connectivity index is 1.39. The highest BCUT2D eigenvalue weighted by molar-refractivity contribution is 7.10. The predicted octanol–water partition coefficient (Wildman–Crippen LogP) is 2.69. The van der Waals surface area contributed by atoms with Crippen molar-refractivity contribution >= 4 is 23.2 Å². The quantitative estimate of drug-likeness (QED) is 0.811. The van der Waals surface area contributed by atoms with Crippen LogP contribution in [-0.2, 0) is 41.9 Å². The lowest BCUT2D eigenvalue weighted by molar-refractivity contribution is -0.137. The molecule has 150 valence electrons. The lowest BCUT2D eigenvalue weighted by Gasteiger charge is -2.31. The van der Waals surface area contributed by atoms with Crippen molar-refractivity contribution in [2.75, 3.05) is 6.54 Å². The summed E-state index contributed by atoms with van der Waals surface area (Å²) in [6, 6.07) is 1.66. The summed E-state index contributed by atoms with van der Waals surface area (Å²) in [6.45, 7) is 3.68. The molecule has 6 nitrogen and oxygen atoms in total. The zero-order chi connectivity index (χ0) is 19.5. The zero-order valence-corrected chi connectivity index (χ0v) is 17.3. The van der Waals surface area contributed by atoms with Crippen molar-refractivity contribution in [1.29, 1.82) is 0 Å². The maximum Gasteiger partial charge on any atom is 0.245 e. The molecule has 28 heavy (non-hydrogen) atoms. The minimum Gasteiger partial charge on any atom is -0.343 e. The van der Waals surface area contributed by atoms with Crippen LogP contribution in [0.4, 0.5) is 0 Å². The molecule has 0 radical (unpaired) electrons. The van der Waals surface area contributed by atoms with E-state index in [-0.39, 0.29) is 18.4 Å². The van der Waals surface area contributed by atoms with Crippen LogP contribution < -0.4 is 5.32 Å². The number of aryl methyl sites for hydroxylation is 1. The average molecular weight is 401 g/mol. The van der Waals surface area contributed by atoms with Gasteiger partial charge in [-0.1, -0.05) is 13.3 Å². The third kappa shape index (κ3) is 3.99. The van der Waals surface area contributed by atoms with E-state index < -0.39 is 6.04 Å². The van der Waals surface area contributed by atoms with Gasteiger partial charge in [-0.25, -0.2) is 4.98 Å². The highest BCUT2D eigenvalue weighted by Gasteiger charge is 2.28. The van der Waals surface area contributed by atoms with Crippen LogP contribution in [0, 0.1) is 0 Å². The second-order valence-corrected chi connectivity index (χ2v) is 8.76. The molecule has 0 aromatic carbocycles. The number of hydrogen-bond donors (Lipinski definition) is 1. The Bertz CT molecular complexity index is 856. The van der Waals surface area contributed by atoms with Gasteiger partial charge in [-0.05, 0) is 55.5 Å². The van der Waals surface area contributed by atoms with Gasteiger partial charge in [0.05, 0.1) is 12.0 Å². The zero-order valence-electron chi connectivity index (χ0n) is 16.4. The highest BCUT2D eigenvalue weighted by Crippen LogP contribution is 2.25. The van der Waals surface area contributed by atoms with Crippen molar-refractivity contribution in [3.63, 3.8) is 0 Å². The summed E-state index contributed by atoms with van der Waals surface area (Å²) >= 11 is 1.77. The fourth-order valence-electron chi connectivity index (χ4n) is 4.26. The number of nitrogens with one attached hydrogen (secondary N) is 1. The van der Waals surface area contributed by atoms with Crippen molar-refractivity contribution < 1.29 is 9.59 Å². The van der Waals surface area contributed by atoms with Gasteiger partial charge in [-0.2, -0.15) is 0 Å². The Labute approximate surface area is 169 Å². The van der Waals surface area contributed by atoms with Crippen LogP contribution in [0.5, 0.6) is 0 Å². The maximum absolute atomic E-state index is 13.1. The van der Waals surface area contributed by atoms with Gasteiger partial charge in [0.2, 0.25) is 11.8 Å². The number of rotatable bonds is 6. The molecular weight excluding hydrogens is 372 g/mol. The number of fused-ring (bicyclic) bond motifs is 2. The molecule has 2 aromatic heterocycles. The highest BCUT2D eigenvalue weighted by atomic mass is 32.1. The Morgan fingerprint density at radius 2 is 2.14 bits per heavy atom. The van der Waals surface area contributed by atoms with Gasteiger partial charge in [-0.3, -0.25) is 9.59 Å². The first-order valence-corrected chi connectivity index (χ1v) is 11.2. The maximum atomic E-state index is 13.1. The van der Waals surface area contributed by atoms with Crippen molar-refractivity contribution in [1.82, 2.24) is 19.8 Å². The van der Waals surface area contributed by atoms with E-state index in [4.69, 9.17) is 0 Å². The summed E-state index contributed by atoms with van der Waals surface area (Å²) in [6.07, 6.45) is 8.51. The number of amides is 2. The molecule has 1 atom stereocenters. The van der Waals surface area contributed by atoms with Crippen LogP contribution in [0.2, 0.25) is 0 Å². The average Bonchev–Trinajstić information content (AvgIpc) is 3.33. The fraction of sp³-hybridized carbons (Fsp3) is 0.571. The second kappa shape index (κ2) is 8.47. The monoisotopic (exact) mass is 400 g/mol. The van der Waals surface area contributed by atoms with Crippen LogP contribution in [0.25, 0.3) is 0 Å². The Morgan fingerprint density at radius 1 is 1.29 bits per heavy atom. The number of imidazole rings is 1. The Morgan fingerprint density at radius 3 is 3.00 bits per heavy atom.